The van der Waals surface area contributed by atoms with Crippen LogP contribution in [0.5, 0.6) is 11.6 Å². The maximum absolute atomic E-state index is 13.2. The number of hydrogen-bond donors (Lipinski definition) is 1. The summed E-state index contributed by atoms with van der Waals surface area (Å²) in [5.41, 5.74) is 1.16. The summed E-state index contributed by atoms with van der Waals surface area (Å²) >= 11 is 0. The summed E-state index contributed by atoms with van der Waals surface area (Å²) in [7, 11) is 0. The average Bonchev–Trinajstić information content (AvgIpc) is 3.01. The van der Waals surface area contributed by atoms with E-state index in [1.165, 1.54) is 18.3 Å². The standard InChI is InChI=1S/C14H9F2N3O.CO2/c15-11-5-10(6-12(16)7-11)9-1-3-13(4-2-9)20-14-8-17-19-18-14;2-1-3/h1-8H,(H,17,18,19);. The molecule has 1 N–H and O–H groups in total. The monoisotopic (exact) mass is 317 g/mol. The summed E-state index contributed by atoms with van der Waals surface area (Å²) in [5, 5.41) is 9.81. The molecule has 1 heterocycles. The number of carbonyl (C=O) groups excluding carboxylic acids is 2. The molecule has 0 amide bonds. The third-order valence-electron chi connectivity index (χ3n) is 2.67. The number of hydrogen-bond acceptors (Lipinski definition) is 5. The van der Waals surface area contributed by atoms with Crippen molar-refractivity contribution in [3.8, 4) is 22.8 Å². The van der Waals surface area contributed by atoms with Gasteiger partial charge in [0.25, 0.3) is 5.88 Å². The van der Waals surface area contributed by atoms with Gasteiger partial charge in [0, 0.05) is 6.07 Å². The van der Waals surface area contributed by atoms with Gasteiger partial charge in [0.1, 0.15) is 23.6 Å². The van der Waals surface area contributed by atoms with E-state index in [4.69, 9.17) is 14.3 Å². The zero-order valence-corrected chi connectivity index (χ0v) is 11.5. The van der Waals surface area contributed by atoms with Crippen LogP contribution in [0.4, 0.5) is 8.78 Å². The minimum absolute atomic E-state index is 0.250. The molecule has 0 aliphatic carbocycles. The van der Waals surface area contributed by atoms with Crippen molar-refractivity contribution in [3.05, 3.63) is 60.3 Å². The number of nitrogens with zero attached hydrogens (tertiary/aromatic N) is 2. The van der Waals surface area contributed by atoms with E-state index in [1.54, 1.807) is 24.3 Å². The van der Waals surface area contributed by atoms with Gasteiger partial charge in [-0.15, -0.1) is 5.10 Å². The van der Waals surface area contributed by atoms with Crippen molar-refractivity contribution in [1.82, 2.24) is 15.4 Å². The number of nitrogens with one attached hydrogen (secondary N) is 1. The Kier molecular flexibility index (Phi) is 5.27. The SMILES string of the molecule is Fc1cc(F)cc(-c2ccc(Oc3cn[nH]n3)cc2)c1.O=C=O. The number of rotatable bonds is 3. The van der Waals surface area contributed by atoms with E-state index in [-0.39, 0.29) is 6.15 Å². The van der Waals surface area contributed by atoms with Gasteiger partial charge < -0.3 is 4.74 Å². The van der Waals surface area contributed by atoms with Crippen molar-refractivity contribution >= 4 is 6.15 Å². The average molecular weight is 317 g/mol. The van der Waals surface area contributed by atoms with Crippen LogP contribution in [0.25, 0.3) is 11.1 Å². The van der Waals surface area contributed by atoms with Crippen LogP contribution in [0, 0.1) is 11.6 Å². The van der Waals surface area contributed by atoms with Crippen molar-refractivity contribution in [2.24, 2.45) is 0 Å². The summed E-state index contributed by atoms with van der Waals surface area (Å²) in [6, 6.07) is 10.2. The van der Waals surface area contributed by atoms with E-state index in [9.17, 15) is 8.78 Å². The lowest BCUT2D eigenvalue weighted by molar-refractivity contribution is -0.191. The Morgan fingerprint density at radius 1 is 0.957 bits per heavy atom. The normalized spacial score (nSPS) is 9.48. The van der Waals surface area contributed by atoms with Crippen molar-refractivity contribution in [1.29, 1.82) is 0 Å². The Morgan fingerprint density at radius 3 is 2.09 bits per heavy atom. The third kappa shape index (κ3) is 4.55. The van der Waals surface area contributed by atoms with Crippen LogP contribution in [0.15, 0.2) is 48.7 Å². The predicted octanol–water partition coefficient (Wildman–Crippen LogP) is 2.96. The summed E-state index contributed by atoms with van der Waals surface area (Å²) in [6.07, 6.45) is 1.69. The van der Waals surface area contributed by atoms with Crippen LogP contribution in [0.2, 0.25) is 0 Å². The Labute approximate surface area is 128 Å². The summed E-state index contributed by atoms with van der Waals surface area (Å²) in [6.45, 7) is 0. The molecule has 1 aromatic heterocycles. The van der Waals surface area contributed by atoms with Crippen LogP contribution < -0.4 is 4.74 Å². The third-order valence-corrected chi connectivity index (χ3v) is 2.67. The molecule has 3 aromatic rings. The Hall–Kier alpha value is -3.38. The lowest BCUT2D eigenvalue weighted by Gasteiger charge is -2.05. The van der Waals surface area contributed by atoms with Gasteiger partial charge in [-0.1, -0.05) is 12.1 Å². The van der Waals surface area contributed by atoms with Crippen molar-refractivity contribution in [2.75, 3.05) is 0 Å². The van der Waals surface area contributed by atoms with Crippen LogP contribution in [0.3, 0.4) is 0 Å². The molecular weight excluding hydrogens is 308 g/mol. The van der Waals surface area contributed by atoms with Gasteiger partial charge in [-0.2, -0.15) is 19.9 Å². The fourth-order valence-electron chi connectivity index (χ4n) is 1.80. The van der Waals surface area contributed by atoms with Crippen LogP contribution in [0.1, 0.15) is 0 Å². The Morgan fingerprint density at radius 2 is 1.57 bits per heavy atom. The second-order valence-corrected chi connectivity index (χ2v) is 4.18. The first-order chi connectivity index (χ1) is 11.1. The van der Waals surface area contributed by atoms with Gasteiger partial charge in [0.2, 0.25) is 0 Å². The molecule has 8 heteroatoms. The molecule has 0 saturated heterocycles. The largest absolute Gasteiger partial charge is 0.436 e. The molecule has 0 saturated carbocycles. The lowest BCUT2D eigenvalue weighted by Crippen LogP contribution is -1.86. The van der Waals surface area contributed by atoms with Crippen LogP contribution in [-0.4, -0.2) is 21.6 Å². The molecule has 0 radical (unpaired) electrons. The molecule has 0 fully saturated rings. The van der Waals surface area contributed by atoms with Crippen molar-refractivity contribution < 1.29 is 23.1 Å². The highest BCUT2D eigenvalue weighted by molar-refractivity contribution is 5.64. The highest BCUT2D eigenvalue weighted by Gasteiger charge is 2.04. The lowest BCUT2D eigenvalue weighted by atomic mass is 10.1. The van der Waals surface area contributed by atoms with E-state index in [0.717, 1.165) is 6.07 Å². The number of ether oxygens (including phenoxy) is 1. The minimum Gasteiger partial charge on any atom is -0.436 e. The van der Waals surface area contributed by atoms with Gasteiger partial charge >= 0.3 is 6.15 Å². The molecule has 0 bridgehead atoms. The molecule has 0 spiro atoms. The molecule has 0 atom stereocenters. The summed E-state index contributed by atoms with van der Waals surface area (Å²) in [5.74, 6) is -0.320. The number of aromatic amines is 1. The number of H-pyrrole nitrogens is 1. The first kappa shape index (κ1) is 16.0. The van der Waals surface area contributed by atoms with E-state index in [2.05, 4.69) is 15.4 Å². The fraction of sp³-hybridized carbons (Fsp3) is 0. The maximum Gasteiger partial charge on any atom is 0.373 e. The fourth-order valence-corrected chi connectivity index (χ4v) is 1.80. The Bertz CT molecular complexity index is 779. The smallest absolute Gasteiger partial charge is 0.373 e. The quantitative estimate of drug-likeness (QED) is 0.802. The maximum atomic E-state index is 13.2. The van der Waals surface area contributed by atoms with E-state index >= 15 is 0 Å². The summed E-state index contributed by atoms with van der Waals surface area (Å²) in [4.78, 5) is 16.2. The van der Waals surface area contributed by atoms with Gasteiger partial charge in [0.15, 0.2) is 0 Å². The molecule has 2 aromatic carbocycles. The number of halogens is 2. The topological polar surface area (TPSA) is 84.9 Å². The highest BCUT2D eigenvalue weighted by atomic mass is 19.1. The summed E-state index contributed by atoms with van der Waals surface area (Å²) < 4.78 is 31.7. The number of aromatic nitrogens is 3. The van der Waals surface area contributed by atoms with Gasteiger partial charge in [-0.3, -0.25) is 0 Å². The van der Waals surface area contributed by atoms with Crippen molar-refractivity contribution in [2.45, 2.75) is 0 Å². The Balaban J connectivity index is 0.000000595. The molecule has 0 unspecified atom stereocenters. The first-order valence-corrected chi connectivity index (χ1v) is 6.22. The molecule has 0 aliphatic rings. The molecular formula is C15H9F2N3O3. The molecule has 6 nitrogen and oxygen atoms in total. The molecule has 116 valence electrons. The minimum atomic E-state index is -0.608. The second kappa shape index (κ2) is 7.58. The van der Waals surface area contributed by atoms with Gasteiger partial charge in [-0.05, 0) is 35.4 Å². The predicted molar refractivity (Wildman–Crippen MR) is 73.3 cm³/mol. The highest BCUT2D eigenvalue weighted by Crippen LogP contribution is 2.25. The van der Waals surface area contributed by atoms with Crippen LogP contribution in [-0.2, 0) is 9.59 Å². The van der Waals surface area contributed by atoms with E-state index in [1.807, 2.05) is 0 Å². The molecule has 0 aliphatic heterocycles. The van der Waals surface area contributed by atoms with E-state index in [0.29, 0.717) is 22.8 Å². The second-order valence-electron chi connectivity index (χ2n) is 4.18. The van der Waals surface area contributed by atoms with Crippen molar-refractivity contribution in [3.63, 3.8) is 0 Å². The molecule has 3 rings (SSSR count). The van der Waals surface area contributed by atoms with E-state index < -0.39 is 11.6 Å². The first-order valence-electron chi connectivity index (χ1n) is 6.22. The number of benzene rings is 2. The van der Waals surface area contributed by atoms with Crippen LogP contribution >= 0.6 is 0 Å². The molecule has 23 heavy (non-hydrogen) atoms. The van der Waals surface area contributed by atoms with Gasteiger partial charge in [0.05, 0.1) is 0 Å². The zero-order valence-electron chi connectivity index (χ0n) is 11.5. The van der Waals surface area contributed by atoms with Gasteiger partial charge in [-0.25, -0.2) is 8.78 Å². The zero-order chi connectivity index (χ0) is 16.7.